The van der Waals surface area contributed by atoms with Crippen LogP contribution >= 0.6 is 35.4 Å². The molecule has 0 unspecified atom stereocenters. The number of carbonyl (C=O) groups excluding carboxylic acids is 1. The lowest BCUT2D eigenvalue weighted by molar-refractivity contribution is 0.0977. The summed E-state index contributed by atoms with van der Waals surface area (Å²) in [5.41, 5.74) is 2.42. The normalized spacial score (nSPS) is 10.8. The van der Waals surface area contributed by atoms with Crippen LogP contribution in [0.15, 0.2) is 59.0 Å². The van der Waals surface area contributed by atoms with Crippen molar-refractivity contribution in [1.29, 1.82) is 0 Å². The lowest BCUT2D eigenvalue weighted by Crippen LogP contribution is -2.34. The van der Waals surface area contributed by atoms with E-state index in [4.69, 9.17) is 44.6 Å². The maximum absolute atomic E-state index is 13.3. The Bertz CT molecular complexity index is 1360. The first-order valence-corrected chi connectivity index (χ1v) is 10.3. The van der Waals surface area contributed by atoms with Crippen LogP contribution in [0, 0.1) is 5.82 Å². The van der Waals surface area contributed by atoms with Gasteiger partial charge in [-0.05, 0) is 66.8 Å². The molecule has 0 atom stereocenters. The summed E-state index contributed by atoms with van der Waals surface area (Å²) < 4.78 is 24.1. The van der Waals surface area contributed by atoms with Gasteiger partial charge < -0.3 is 14.5 Å². The Morgan fingerprint density at radius 3 is 2.62 bits per heavy atom. The molecule has 0 aliphatic heterocycles. The number of anilines is 1. The fourth-order valence-corrected chi connectivity index (χ4v) is 3.64. The van der Waals surface area contributed by atoms with E-state index >= 15 is 0 Å². The number of thiocarbonyl (C=S) groups is 1. The Balaban J connectivity index is 1.48. The number of hydrogen-bond donors (Lipinski definition) is 2. The predicted octanol–water partition coefficient (Wildman–Crippen LogP) is 6.08. The molecule has 0 radical (unpaired) electrons. The molecule has 6 nitrogen and oxygen atoms in total. The minimum Gasteiger partial charge on any atom is -0.495 e. The Morgan fingerprint density at radius 1 is 1.09 bits per heavy atom. The second kappa shape index (κ2) is 9.12. The molecule has 0 bridgehead atoms. The van der Waals surface area contributed by atoms with Crippen molar-refractivity contribution >= 4 is 63.2 Å². The number of halogens is 3. The SMILES string of the molecule is COc1ccc(C(=O)NC(=S)Nc2ccc3oc(-c4ccc(F)cc4Cl)nc3c2)cc1Cl. The number of carbonyl (C=O) groups is 1. The van der Waals surface area contributed by atoms with Crippen LogP contribution in [0.4, 0.5) is 10.1 Å². The van der Waals surface area contributed by atoms with Crippen molar-refractivity contribution in [3.63, 3.8) is 0 Å². The van der Waals surface area contributed by atoms with Gasteiger partial charge in [-0.1, -0.05) is 23.2 Å². The predicted molar refractivity (Wildman–Crippen MR) is 126 cm³/mol. The Kier molecular flexibility index (Phi) is 6.27. The number of hydrogen-bond acceptors (Lipinski definition) is 5. The molecule has 0 aliphatic carbocycles. The van der Waals surface area contributed by atoms with Gasteiger partial charge in [0.25, 0.3) is 5.91 Å². The number of methoxy groups -OCH3 is 1. The summed E-state index contributed by atoms with van der Waals surface area (Å²) >= 11 is 17.4. The quantitative estimate of drug-likeness (QED) is 0.338. The fourth-order valence-electron chi connectivity index (χ4n) is 2.93. The number of nitrogens with zero attached hydrogens (tertiary/aromatic N) is 1. The number of ether oxygens (including phenoxy) is 1. The highest BCUT2D eigenvalue weighted by Gasteiger charge is 2.14. The summed E-state index contributed by atoms with van der Waals surface area (Å²) in [4.78, 5) is 16.8. The molecular weight excluding hydrogens is 476 g/mol. The van der Waals surface area contributed by atoms with Crippen LogP contribution in [-0.4, -0.2) is 23.1 Å². The third-order valence-electron chi connectivity index (χ3n) is 4.45. The molecule has 3 aromatic carbocycles. The standard InChI is InChI=1S/C22H14Cl2FN3O3S/c1-30-18-6-2-11(8-16(18)24)20(29)28-22(32)26-13-4-7-19-17(10-13)27-21(31-19)14-5-3-12(25)9-15(14)23/h2-10H,1H3,(H2,26,28,29,32). The van der Waals surface area contributed by atoms with Gasteiger partial charge in [-0.2, -0.15) is 0 Å². The van der Waals surface area contributed by atoms with Gasteiger partial charge in [0, 0.05) is 11.3 Å². The van der Waals surface area contributed by atoms with E-state index < -0.39 is 11.7 Å². The number of nitrogens with one attached hydrogen (secondary N) is 2. The highest BCUT2D eigenvalue weighted by Crippen LogP contribution is 2.31. The number of amides is 1. The first-order chi connectivity index (χ1) is 15.3. The van der Waals surface area contributed by atoms with Gasteiger partial charge in [0.05, 0.1) is 22.7 Å². The number of benzene rings is 3. The lowest BCUT2D eigenvalue weighted by Gasteiger charge is -2.10. The van der Waals surface area contributed by atoms with Crippen LogP contribution < -0.4 is 15.4 Å². The maximum atomic E-state index is 13.3. The van der Waals surface area contributed by atoms with E-state index in [0.29, 0.717) is 38.7 Å². The minimum atomic E-state index is -0.450. The third-order valence-corrected chi connectivity index (χ3v) is 5.26. The molecule has 0 fully saturated rings. The molecule has 10 heteroatoms. The summed E-state index contributed by atoms with van der Waals surface area (Å²) in [5.74, 6) is -0.155. The van der Waals surface area contributed by atoms with Crippen LogP contribution in [0.5, 0.6) is 5.75 Å². The zero-order valence-corrected chi connectivity index (χ0v) is 18.7. The molecule has 162 valence electrons. The van der Waals surface area contributed by atoms with Gasteiger partial charge in [-0.15, -0.1) is 0 Å². The lowest BCUT2D eigenvalue weighted by atomic mass is 10.2. The molecule has 0 aliphatic rings. The van der Waals surface area contributed by atoms with Crippen molar-refractivity contribution in [3.05, 3.63) is 76.0 Å². The number of oxazole rings is 1. The van der Waals surface area contributed by atoms with Crippen LogP contribution in [0.3, 0.4) is 0 Å². The topological polar surface area (TPSA) is 76.4 Å². The number of rotatable bonds is 4. The fraction of sp³-hybridized carbons (Fsp3) is 0.0455. The second-order valence-corrected chi connectivity index (χ2v) is 7.81. The molecule has 2 N–H and O–H groups in total. The van der Waals surface area contributed by atoms with E-state index in [-0.39, 0.29) is 16.0 Å². The molecule has 4 aromatic rings. The molecule has 1 heterocycles. The van der Waals surface area contributed by atoms with Gasteiger partial charge in [0.1, 0.15) is 17.1 Å². The number of aromatic nitrogens is 1. The van der Waals surface area contributed by atoms with E-state index in [0.717, 1.165) is 0 Å². The number of fused-ring (bicyclic) bond motifs is 1. The molecule has 32 heavy (non-hydrogen) atoms. The van der Waals surface area contributed by atoms with Crippen molar-refractivity contribution in [2.75, 3.05) is 12.4 Å². The molecular formula is C22H14Cl2FN3O3S. The average molecular weight is 490 g/mol. The monoisotopic (exact) mass is 489 g/mol. The largest absolute Gasteiger partial charge is 0.495 e. The smallest absolute Gasteiger partial charge is 0.257 e. The van der Waals surface area contributed by atoms with Crippen LogP contribution in [0.25, 0.3) is 22.6 Å². The van der Waals surface area contributed by atoms with E-state index in [1.54, 1.807) is 30.3 Å². The third kappa shape index (κ3) is 4.67. The molecule has 0 spiro atoms. The maximum Gasteiger partial charge on any atom is 0.257 e. The van der Waals surface area contributed by atoms with Gasteiger partial charge >= 0.3 is 0 Å². The highest BCUT2D eigenvalue weighted by atomic mass is 35.5. The van der Waals surface area contributed by atoms with Gasteiger partial charge in [-0.3, -0.25) is 10.1 Å². The van der Waals surface area contributed by atoms with Crippen molar-refractivity contribution in [2.24, 2.45) is 0 Å². The van der Waals surface area contributed by atoms with E-state index in [1.807, 2.05) is 0 Å². The van der Waals surface area contributed by atoms with Gasteiger partial charge in [0.2, 0.25) is 5.89 Å². The first-order valence-electron chi connectivity index (χ1n) is 9.16. The summed E-state index contributed by atoms with van der Waals surface area (Å²) in [5, 5.41) is 6.10. The Hall–Kier alpha value is -3.20. The van der Waals surface area contributed by atoms with Crippen molar-refractivity contribution in [3.8, 4) is 17.2 Å². The highest BCUT2D eigenvalue weighted by molar-refractivity contribution is 7.80. The van der Waals surface area contributed by atoms with Crippen molar-refractivity contribution in [1.82, 2.24) is 10.3 Å². The van der Waals surface area contributed by atoms with E-state index in [2.05, 4.69) is 15.6 Å². The Morgan fingerprint density at radius 2 is 1.91 bits per heavy atom. The summed E-state index contributed by atoms with van der Waals surface area (Å²) in [6.07, 6.45) is 0. The van der Waals surface area contributed by atoms with Crippen LogP contribution in [0.1, 0.15) is 10.4 Å². The van der Waals surface area contributed by atoms with Gasteiger partial charge in [-0.25, -0.2) is 9.37 Å². The Labute approximate surface area is 197 Å². The molecule has 0 saturated heterocycles. The van der Waals surface area contributed by atoms with Crippen molar-refractivity contribution < 1.29 is 18.3 Å². The first kappa shape index (κ1) is 22.0. The van der Waals surface area contributed by atoms with Crippen molar-refractivity contribution in [2.45, 2.75) is 0 Å². The van der Waals surface area contributed by atoms with E-state index in [9.17, 15) is 9.18 Å². The summed E-state index contributed by atoms with van der Waals surface area (Å²) in [6, 6.07) is 13.7. The minimum absolute atomic E-state index is 0.0894. The van der Waals surface area contributed by atoms with Crippen LogP contribution in [0.2, 0.25) is 10.0 Å². The summed E-state index contributed by atoms with van der Waals surface area (Å²) in [6.45, 7) is 0. The van der Waals surface area contributed by atoms with E-state index in [1.165, 1.54) is 31.4 Å². The van der Waals surface area contributed by atoms with Gasteiger partial charge in [0.15, 0.2) is 10.7 Å². The zero-order valence-electron chi connectivity index (χ0n) is 16.4. The van der Waals surface area contributed by atoms with Crippen LogP contribution in [-0.2, 0) is 0 Å². The molecule has 0 saturated carbocycles. The molecule has 4 rings (SSSR count). The summed E-state index contributed by atoms with van der Waals surface area (Å²) in [7, 11) is 1.49. The average Bonchev–Trinajstić information content (AvgIpc) is 3.16. The zero-order chi connectivity index (χ0) is 22.8. The molecule has 1 amide bonds. The molecule has 1 aromatic heterocycles. The second-order valence-electron chi connectivity index (χ2n) is 6.58.